The molecular formula is C18H27Cl3N2. The zero-order chi connectivity index (χ0) is 15.6. The van der Waals surface area contributed by atoms with Gasteiger partial charge in [0.25, 0.3) is 0 Å². The van der Waals surface area contributed by atoms with Crippen LogP contribution in [-0.4, -0.2) is 29.6 Å². The van der Waals surface area contributed by atoms with Gasteiger partial charge in [-0.05, 0) is 69.3 Å². The fourth-order valence-corrected chi connectivity index (χ4v) is 4.53. The van der Waals surface area contributed by atoms with Crippen molar-refractivity contribution in [2.24, 2.45) is 5.73 Å². The fourth-order valence-electron chi connectivity index (χ4n) is 4.21. The smallest absolute Gasteiger partial charge is 0.0595 e. The molecule has 2 N–H and O–H groups in total. The highest BCUT2D eigenvalue weighted by Crippen LogP contribution is 2.35. The quantitative estimate of drug-likeness (QED) is 0.792. The first-order valence-corrected chi connectivity index (χ1v) is 9.31. The van der Waals surface area contributed by atoms with E-state index >= 15 is 0 Å². The Kier molecular flexibility index (Phi) is 7.06. The van der Waals surface area contributed by atoms with Crippen LogP contribution in [0, 0.1) is 0 Å². The van der Waals surface area contributed by atoms with Crippen LogP contribution in [-0.2, 0) is 6.42 Å². The topological polar surface area (TPSA) is 29.3 Å². The summed E-state index contributed by atoms with van der Waals surface area (Å²) in [6.07, 6.45) is 9.69. The molecular weight excluding hydrogens is 351 g/mol. The van der Waals surface area contributed by atoms with Crippen molar-refractivity contribution in [1.82, 2.24) is 4.90 Å². The molecule has 2 unspecified atom stereocenters. The van der Waals surface area contributed by atoms with Gasteiger partial charge in [-0.15, -0.1) is 12.4 Å². The Morgan fingerprint density at radius 2 is 1.83 bits per heavy atom. The molecule has 1 saturated carbocycles. The van der Waals surface area contributed by atoms with E-state index in [1.165, 1.54) is 50.8 Å². The summed E-state index contributed by atoms with van der Waals surface area (Å²) in [6, 6.07) is 6.51. The van der Waals surface area contributed by atoms with E-state index in [1.54, 1.807) is 0 Å². The van der Waals surface area contributed by atoms with Gasteiger partial charge in [0.05, 0.1) is 10.0 Å². The number of hydrogen-bond acceptors (Lipinski definition) is 2. The van der Waals surface area contributed by atoms with Crippen molar-refractivity contribution in [2.45, 2.75) is 62.9 Å². The average Bonchev–Trinajstić information content (AvgIpc) is 3.03. The molecule has 23 heavy (non-hydrogen) atoms. The molecule has 0 spiro atoms. The van der Waals surface area contributed by atoms with E-state index < -0.39 is 0 Å². The molecule has 0 aromatic heterocycles. The largest absolute Gasteiger partial charge is 0.324 e. The number of rotatable bonds is 4. The predicted octanol–water partition coefficient (Wildman–Crippen LogP) is 5.08. The molecule has 1 saturated heterocycles. The average molecular weight is 378 g/mol. The van der Waals surface area contributed by atoms with Gasteiger partial charge in [-0.2, -0.15) is 0 Å². The van der Waals surface area contributed by atoms with E-state index in [1.807, 2.05) is 12.1 Å². The van der Waals surface area contributed by atoms with Gasteiger partial charge in [-0.25, -0.2) is 0 Å². The number of hydrogen-bond donors (Lipinski definition) is 1. The van der Waals surface area contributed by atoms with Crippen LogP contribution in [0.4, 0.5) is 0 Å². The standard InChI is InChI=1S/C18H26Cl2N2.ClH/c19-15-7-6-14(13-16(15)20)8-10-18(21)9-2-1-5-17(18)22-11-3-4-12-22;/h6-7,13,17H,1-5,8-12,21H2;1H. The van der Waals surface area contributed by atoms with Crippen LogP contribution in [0.3, 0.4) is 0 Å². The maximum Gasteiger partial charge on any atom is 0.0595 e. The van der Waals surface area contributed by atoms with Crippen molar-refractivity contribution in [2.75, 3.05) is 13.1 Å². The number of aryl methyl sites for hydroxylation is 1. The Balaban J connectivity index is 0.00000192. The molecule has 0 amide bonds. The minimum absolute atomic E-state index is 0. The van der Waals surface area contributed by atoms with E-state index in [-0.39, 0.29) is 17.9 Å². The fraction of sp³-hybridized carbons (Fsp3) is 0.667. The summed E-state index contributed by atoms with van der Waals surface area (Å²) in [5.74, 6) is 0. The summed E-state index contributed by atoms with van der Waals surface area (Å²) < 4.78 is 0. The maximum absolute atomic E-state index is 6.90. The molecule has 5 heteroatoms. The molecule has 0 bridgehead atoms. The lowest BCUT2D eigenvalue weighted by molar-refractivity contribution is 0.0954. The van der Waals surface area contributed by atoms with Gasteiger partial charge in [0.2, 0.25) is 0 Å². The second-order valence-electron chi connectivity index (χ2n) is 6.99. The van der Waals surface area contributed by atoms with Crippen molar-refractivity contribution < 1.29 is 0 Å². The van der Waals surface area contributed by atoms with Crippen LogP contribution >= 0.6 is 35.6 Å². The van der Waals surface area contributed by atoms with E-state index in [9.17, 15) is 0 Å². The molecule has 1 aromatic carbocycles. The first-order chi connectivity index (χ1) is 10.6. The minimum Gasteiger partial charge on any atom is -0.324 e. The van der Waals surface area contributed by atoms with Crippen molar-refractivity contribution >= 4 is 35.6 Å². The summed E-state index contributed by atoms with van der Waals surface area (Å²) in [6.45, 7) is 2.47. The van der Waals surface area contributed by atoms with Gasteiger partial charge >= 0.3 is 0 Å². The van der Waals surface area contributed by atoms with Gasteiger partial charge < -0.3 is 5.73 Å². The molecule has 1 aliphatic heterocycles. The third-order valence-corrected chi connectivity index (χ3v) is 6.22. The summed E-state index contributed by atoms with van der Waals surface area (Å²) in [4.78, 5) is 2.65. The molecule has 0 radical (unpaired) electrons. The Morgan fingerprint density at radius 1 is 1.09 bits per heavy atom. The minimum atomic E-state index is -0.0469. The Hall–Kier alpha value is 0.01000. The van der Waals surface area contributed by atoms with E-state index in [4.69, 9.17) is 28.9 Å². The van der Waals surface area contributed by atoms with Crippen LogP contribution < -0.4 is 5.73 Å². The van der Waals surface area contributed by atoms with Gasteiger partial charge in [-0.1, -0.05) is 42.1 Å². The maximum atomic E-state index is 6.90. The molecule has 2 atom stereocenters. The lowest BCUT2D eigenvalue weighted by Crippen LogP contribution is -2.59. The van der Waals surface area contributed by atoms with Crippen LogP contribution in [0.15, 0.2) is 18.2 Å². The first-order valence-electron chi connectivity index (χ1n) is 8.55. The van der Waals surface area contributed by atoms with Crippen molar-refractivity contribution in [1.29, 1.82) is 0 Å². The number of nitrogens with zero attached hydrogens (tertiary/aromatic N) is 1. The summed E-state index contributed by atoms with van der Waals surface area (Å²) in [5.41, 5.74) is 8.09. The van der Waals surface area contributed by atoms with E-state index in [0.29, 0.717) is 16.1 Å². The first kappa shape index (κ1) is 19.3. The van der Waals surface area contributed by atoms with Gasteiger partial charge in [0, 0.05) is 11.6 Å². The highest BCUT2D eigenvalue weighted by molar-refractivity contribution is 6.42. The SMILES string of the molecule is Cl.NC1(CCc2ccc(Cl)c(Cl)c2)CCCCC1N1CCCC1. The Morgan fingerprint density at radius 3 is 2.52 bits per heavy atom. The van der Waals surface area contributed by atoms with Crippen LogP contribution in [0.1, 0.15) is 50.5 Å². The molecule has 1 aliphatic carbocycles. The zero-order valence-corrected chi connectivity index (χ0v) is 15.9. The normalized spacial score (nSPS) is 28.6. The zero-order valence-electron chi connectivity index (χ0n) is 13.6. The summed E-state index contributed by atoms with van der Waals surface area (Å²) in [5, 5.41) is 1.27. The predicted molar refractivity (Wildman–Crippen MR) is 102 cm³/mol. The highest BCUT2D eigenvalue weighted by Gasteiger charge is 2.40. The number of halogens is 3. The lowest BCUT2D eigenvalue weighted by Gasteiger charge is -2.46. The Labute approximate surface area is 156 Å². The summed E-state index contributed by atoms with van der Waals surface area (Å²) >= 11 is 12.1. The van der Waals surface area contributed by atoms with Crippen LogP contribution in [0.5, 0.6) is 0 Å². The molecule has 1 aromatic rings. The second kappa shape index (κ2) is 8.40. The Bertz CT molecular complexity index is 517. The van der Waals surface area contributed by atoms with Crippen molar-refractivity contribution in [3.63, 3.8) is 0 Å². The monoisotopic (exact) mass is 376 g/mol. The second-order valence-corrected chi connectivity index (χ2v) is 7.80. The third-order valence-electron chi connectivity index (χ3n) is 5.48. The van der Waals surface area contributed by atoms with Crippen LogP contribution in [0.2, 0.25) is 10.0 Å². The molecule has 2 nitrogen and oxygen atoms in total. The van der Waals surface area contributed by atoms with Gasteiger partial charge in [0.1, 0.15) is 0 Å². The number of likely N-dealkylation sites (tertiary alicyclic amines) is 1. The third kappa shape index (κ3) is 4.55. The van der Waals surface area contributed by atoms with Gasteiger partial charge in [-0.3, -0.25) is 4.90 Å². The number of benzene rings is 1. The van der Waals surface area contributed by atoms with Crippen molar-refractivity contribution in [3.8, 4) is 0 Å². The molecule has 2 aliphatic rings. The van der Waals surface area contributed by atoms with E-state index in [0.717, 1.165) is 19.3 Å². The number of nitrogens with two attached hydrogens (primary N) is 1. The highest BCUT2D eigenvalue weighted by atomic mass is 35.5. The van der Waals surface area contributed by atoms with Crippen LogP contribution in [0.25, 0.3) is 0 Å². The molecule has 3 rings (SSSR count). The summed E-state index contributed by atoms with van der Waals surface area (Å²) in [7, 11) is 0. The van der Waals surface area contributed by atoms with Crippen molar-refractivity contribution in [3.05, 3.63) is 33.8 Å². The molecule has 1 heterocycles. The van der Waals surface area contributed by atoms with E-state index in [2.05, 4.69) is 11.0 Å². The molecule has 2 fully saturated rings. The lowest BCUT2D eigenvalue weighted by atomic mass is 9.74. The molecule has 130 valence electrons. The van der Waals surface area contributed by atoms with Gasteiger partial charge in [0.15, 0.2) is 0 Å².